The van der Waals surface area contributed by atoms with E-state index in [2.05, 4.69) is 0 Å². The van der Waals surface area contributed by atoms with E-state index in [4.69, 9.17) is 5.73 Å². The highest BCUT2D eigenvalue weighted by Gasteiger charge is 2.23. The quantitative estimate of drug-likeness (QED) is 0.744. The lowest BCUT2D eigenvalue weighted by Gasteiger charge is -2.13. The number of nitrogens with two attached hydrogens (primary N) is 1. The molecule has 14 heavy (non-hydrogen) atoms. The minimum Gasteiger partial charge on any atom is -0.449 e. The Hall–Kier alpha value is -1.46. The van der Waals surface area contributed by atoms with Crippen LogP contribution in [0.5, 0.6) is 0 Å². The summed E-state index contributed by atoms with van der Waals surface area (Å²) in [6, 6.07) is 5.26. The van der Waals surface area contributed by atoms with Crippen LogP contribution in [0.25, 0.3) is 0 Å². The fourth-order valence-corrected chi connectivity index (χ4v) is 1.12. The van der Waals surface area contributed by atoms with Gasteiger partial charge in [0.15, 0.2) is 0 Å². The standard InChI is InChI=1S/C8H8BF3NO/c10-9(11,12)5-6-2-1-3-7(4-6)8(13)14/h1-4H,5H2,(H2,13,14)/q-1. The number of carbonyl (C=O) groups excluding carboxylic acids is 1. The number of carbonyl (C=O) groups is 1. The fourth-order valence-electron chi connectivity index (χ4n) is 1.12. The average Bonchev–Trinajstić information content (AvgIpc) is 2.01. The molecule has 0 unspecified atom stereocenters. The van der Waals surface area contributed by atoms with Crippen LogP contribution in [0.4, 0.5) is 12.9 Å². The van der Waals surface area contributed by atoms with Gasteiger partial charge in [-0.3, -0.25) is 4.79 Å². The summed E-state index contributed by atoms with van der Waals surface area (Å²) in [5.41, 5.74) is 5.09. The van der Waals surface area contributed by atoms with E-state index < -0.39 is 19.2 Å². The molecule has 0 aromatic heterocycles. The fraction of sp³-hybridized carbons (Fsp3) is 0.125. The first-order valence-corrected chi connectivity index (χ1v) is 3.98. The molecule has 0 aliphatic heterocycles. The van der Waals surface area contributed by atoms with Crippen molar-refractivity contribution in [3.8, 4) is 0 Å². The number of primary amides is 1. The molecule has 2 nitrogen and oxygen atoms in total. The van der Waals surface area contributed by atoms with Crippen molar-refractivity contribution in [2.75, 3.05) is 0 Å². The van der Waals surface area contributed by atoms with Crippen LogP contribution < -0.4 is 5.73 Å². The third-order valence-electron chi connectivity index (χ3n) is 1.68. The van der Waals surface area contributed by atoms with Gasteiger partial charge in [-0.2, -0.15) is 0 Å². The van der Waals surface area contributed by atoms with Gasteiger partial charge in [0.25, 0.3) is 0 Å². The van der Waals surface area contributed by atoms with E-state index in [1.807, 2.05) is 0 Å². The molecule has 0 spiro atoms. The summed E-state index contributed by atoms with van der Waals surface area (Å²) in [4.78, 5) is 10.7. The topological polar surface area (TPSA) is 43.1 Å². The Morgan fingerprint density at radius 1 is 1.36 bits per heavy atom. The van der Waals surface area contributed by atoms with E-state index >= 15 is 0 Å². The number of rotatable bonds is 3. The monoisotopic (exact) mass is 202 g/mol. The van der Waals surface area contributed by atoms with Crippen molar-refractivity contribution in [1.82, 2.24) is 0 Å². The Kier molecular flexibility index (Phi) is 2.83. The molecule has 6 heteroatoms. The Labute approximate surface area is 79.0 Å². The molecule has 1 rings (SSSR count). The predicted molar refractivity (Wildman–Crippen MR) is 47.7 cm³/mol. The van der Waals surface area contributed by atoms with Gasteiger partial charge < -0.3 is 18.7 Å². The highest BCUT2D eigenvalue weighted by Crippen LogP contribution is 2.16. The summed E-state index contributed by atoms with van der Waals surface area (Å²) in [5, 5.41) is 0. The Morgan fingerprint density at radius 3 is 2.50 bits per heavy atom. The average molecular weight is 202 g/mol. The molecule has 0 saturated heterocycles. The highest BCUT2D eigenvalue weighted by molar-refractivity contribution is 6.57. The molecule has 0 aliphatic carbocycles. The summed E-state index contributed by atoms with van der Waals surface area (Å²) >= 11 is 0. The van der Waals surface area contributed by atoms with Gasteiger partial charge in [0, 0.05) is 5.56 Å². The van der Waals surface area contributed by atoms with Gasteiger partial charge in [-0.15, -0.1) is 0 Å². The first-order valence-electron chi connectivity index (χ1n) is 3.98. The van der Waals surface area contributed by atoms with Crippen molar-refractivity contribution in [2.45, 2.75) is 6.32 Å². The Balaban J connectivity index is 2.89. The highest BCUT2D eigenvalue weighted by atomic mass is 19.4. The van der Waals surface area contributed by atoms with Gasteiger partial charge in [0.05, 0.1) is 0 Å². The molecule has 1 aromatic rings. The third-order valence-corrected chi connectivity index (χ3v) is 1.68. The Bertz CT molecular complexity index is 351. The number of hydrogen-bond donors (Lipinski definition) is 1. The number of hydrogen-bond acceptors (Lipinski definition) is 1. The maximum atomic E-state index is 12.0. The minimum atomic E-state index is -4.87. The van der Waals surface area contributed by atoms with Crippen LogP contribution in [0.2, 0.25) is 0 Å². The predicted octanol–water partition coefficient (Wildman–Crippen LogP) is 1.71. The molecule has 0 heterocycles. The van der Waals surface area contributed by atoms with Crippen molar-refractivity contribution >= 4 is 12.9 Å². The smallest absolute Gasteiger partial charge is 0.449 e. The largest absolute Gasteiger partial charge is 0.482 e. The lowest BCUT2D eigenvalue weighted by atomic mass is 9.81. The third kappa shape index (κ3) is 3.12. The van der Waals surface area contributed by atoms with Gasteiger partial charge >= 0.3 is 6.98 Å². The molecule has 1 amide bonds. The van der Waals surface area contributed by atoms with Crippen molar-refractivity contribution in [2.24, 2.45) is 5.73 Å². The van der Waals surface area contributed by atoms with Crippen molar-refractivity contribution in [1.29, 1.82) is 0 Å². The molecular weight excluding hydrogens is 194 g/mol. The zero-order chi connectivity index (χ0) is 10.8. The number of amides is 1. The molecule has 0 bridgehead atoms. The van der Waals surface area contributed by atoms with Gasteiger partial charge in [-0.25, -0.2) is 0 Å². The summed E-state index contributed by atoms with van der Waals surface area (Å²) in [7, 11) is 0. The molecular formula is C8H8BF3NO-. The van der Waals surface area contributed by atoms with E-state index in [-0.39, 0.29) is 11.1 Å². The van der Waals surface area contributed by atoms with E-state index in [1.54, 1.807) is 0 Å². The zero-order valence-corrected chi connectivity index (χ0v) is 7.21. The van der Waals surface area contributed by atoms with Crippen LogP contribution in [0.15, 0.2) is 24.3 Å². The lowest BCUT2D eigenvalue weighted by Crippen LogP contribution is -2.20. The molecule has 1 aromatic carbocycles. The van der Waals surface area contributed by atoms with Gasteiger partial charge in [-0.1, -0.05) is 24.0 Å². The molecule has 0 saturated carbocycles. The van der Waals surface area contributed by atoms with E-state index in [0.29, 0.717) is 0 Å². The second kappa shape index (κ2) is 3.73. The zero-order valence-electron chi connectivity index (χ0n) is 7.21. The van der Waals surface area contributed by atoms with Crippen molar-refractivity contribution < 1.29 is 17.7 Å². The summed E-state index contributed by atoms with van der Waals surface area (Å²) in [6.07, 6.45) is -0.985. The molecule has 0 fully saturated rings. The second-order valence-electron chi connectivity index (χ2n) is 2.98. The van der Waals surface area contributed by atoms with Crippen LogP contribution in [-0.4, -0.2) is 12.9 Å². The normalized spacial score (nSPS) is 11.4. The van der Waals surface area contributed by atoms with Crippen LogP contribution in [-0.2, 0) is 6.32 Å². The van der Waals surface area contributed by atoms with E-state index in [1.165, 1.54) is 18.2 Å². The SMILES string of the molecule is NC(=O)c1cccc(C[B-](F)(F)F)c1. The van der Waals surface area contributed by atoms with Gasteiger partial charge in [0.1, 0.15) is 0 Å². The number of benzene rings is 1. The lowest BCUT2D eigenvalue weighted by molar-refractivity contribution is 0.1000. The van der Waals surface area contributed by atoms with E-state index in [9.17, 15) is 17.7 Å². The summed E-state index contributed by atoms with van der Waals surface area (Å²) in [5.74, 6) is -0.721. The molecule has 0 aliphatic rings. The molecule has 76 valence electrons. The van der Waals surface area contributed by atoms with Gasteiger partial charge in [-0.05, 0) is 12.1 Å². The van der Waals surface area contributed by atoms with Crippen LogP contribution in [0, 0.1) is 0 Å². The maximum Gasteiger partial charge on any atom is 0.482 e. The minimum absolute atomic E-state index is 0.0637. The summed E-state index contributed by atoms with van der Waals surface area (Å²) < 4.78 is 36.1. The first kappa shape index (κ1) is 10.6. The molecule has 0 atom stereocenters. The van der Waals surface area contributed by atoms with Crippen LogP contribution in [0.1, 0.15) is 15.9 Å². The van der Waals surface area contributed by atoms with Crippen LogP contribution in [0.3, 0.4) is 0 Å². The second-order valence-corrected chi connectivity index (χ2v) is 2.98. The van der Waals surface area contributed by atoms with Crippen molar-refractivity contribution in [3.63, 3.8) is 0 Å². The van der Waals surface area contributed by atoms with Crippen LogP contribution >= 0.6 is 0 Å². The van der Waals surface area contributed by atoms with Crippen molar-refractivity contribution in [3.05, 3.63) is 35.4 Å². The number of halogens is 3. The first-order chi connectivity index (χ1) is 6.38. The molecule has 0 radical (unpaired) electrons. The summed E-state index contributed by atoms with van der Waals surface area (Å²) in [6.45, 7) is -4.87. The van der Waals surface area contributed by atoms with Gasteiger partial charge in [0.2, 0.25) is 5.91 Å². The molecule has 2 N–H and O–H groups in total. The van der Waals surface area contributed by atoms with E-state index in [0.717, 1.165) is 6.07 Å². The maximum absolute atomic E-state index is 12.0. The Morgan fingerprint density at radius 2 is 2.00 bits per heavy atom.